The minimum absolute atomic E-state index is 0.273. The van der Waals surface area contributed by atoms with Crippen molar-refractivity contribution in [2.75, 3.05) is 26.2 Å². The van der Waals surface area contributed by atoms with Crippen molar-refractivity contribution in [2.45, 2.75) is 32.2 Å². The Labute approximate surface area is 96.4 Å². The second-order valence-corrected chi connectivity index (χ2v) is 3.91. The van der Waals surface area contributed by atoms with E-state index < -0.39 is 5.54 Å². The van der Waals surface area contributed by atoms with Crippen molar-refractivity contribution >= 4 is 6.09 Å². The minimum Gasteiger partial charge on any atom is -0.450 e. The van der Waals surface area contributed by atoms with Gasteiger partial charge in [-0.3, -0.25) is 5.32 Å². The summed E-state index contributed by atoms with van der Waals surface area (Å²) < 4.78 is 4.93. The third-order valence-electron chi connectivity index (χ3n) is 2.87. The number of hydrogen-bond donors (Lipinski definition) is 1. The first-order chi connectivity index (χ1) is 7.67. The predicted molar refractivity (Wildman–Crippen MR) is 59.8 cm³/mol. The van der Waals surface area contributed by atoms with Crippen LogP contribution in [0.3, 0.4) is 0 Å². The summed E-state index contributed by atoms with van der Waals surface area (Å²) in [6.07, 6.45) is 1.05. The molecule has 0 unspecified atom stereocenters. The molecule has 0 radical (unpaired) electrons. The third-order valence-corrected chi connectivity index (χ3v) is 2.87. The first-order valence-corrected chi connectivity index (χ1v) is 5.75. The van der Waals surface area contributed by atoms with Crippen LogP contribution in [0.15, 0.2) is 0 Å². The number of hydrogen-bond acceptors (Lipinski definition) is 4. The Morgan fingerprint density at radius 2 is 2.12 bits per heavy atom. The zero-order valence-electron chi connectivity index (χ0n) is 9.95. The molecule has 1 aliphatic heterocycles. The Balaban J connectivity index is 2.50. The molecule has 90 valence electrons. The maximum absolute atomic E-state index is 11.5. The zero-order chi connectivity index (χ0) is 12.0. The third kappa shape index (κ3) is 2.86. The molecule has 0 aliphatic carbocycles. The summed E-state index contributed by atoms with van der Waals surface area (Å²) in [5.74, 6) is 0. The number of ether oxygens (including phenoxy) is 1. The summed E-state index contributed by atoms with van der Waals surface area (Å²) in [6.45, 7) is 6.11. The van der Waals surface area contributed by atoms with Crippen LogP contribution in [0.1, 0.15) is 26.7 Å². The van der Waals surface area contributed by atoms with E-state index in [0.717, 1.165) is 6.54 Å². The molecule has 0 bridgehead atoms. The van der Waals surface area contributed by atoms with Crippen molar-refractivity contribution < 1.29 is 9.53 Å². The van der Waals surface area contributed by atoms with Crippen LogP contribution in [-0.4, -0.2) is 42.8 Å². The summed E-state index contributed by atoms with van der Waals surface area (Å²) >= 11 is 0. The largest absolute Gasteiger partial charge is 0.450 e. The Kier molecular flexibility index (Phi) is 4.56. The van der Waals surface area contributed by atoms with Gasteiger partial charge >= 0.3 is 6.09 Å². The Hall–Kier alpha value is -1.28. The van der Waals surface area contributed by atoms with Crippen molar-refractivity contribution in [3.8, 4) is 6.07 Å². The summed E-state index contributed by atoms with van der Waals surface area (Å²) in [5, 5.41) is 12.4. The lowest BCUT2D eigenvalue weighted by Crippen LogP contribution is -2.53. The number of nitriles is 1. The van der Waals surface area contributed by atoms with E-state index >= 15 is 0 Å². The lowest BCUT2D eigenvalue weighted by molar-refractivity contribution is 0.0890. The fraction of sp³-hybridized carbons (Fsp3) is 0.818. The summed E-state index contributed by atoms with van der Waals surface area (Å²) in [7, 11) is 0. The number of nitrogens with one attached hydrogen (secondary N) is 1. The van der Waals surface area contributed by atoms with Crippen LogP contribution in [0, 0.1) is 11.3 Å². The molecule has 1 amide bonds. The number of carbonyl (C=O) groups excluding carboxylic acids is 1. The molecule has 5 heteroatoms. The number of nitrogens with zero attached hydrogens (tertiary/aromatic N) is 2. The van der Waals surface area contributed by atoms with Gasteiger partial charge in [0.15, 0.2) is 0 Å². The molecule has 1 aliphatic rings. The van der Waals surface area contributed by atoms with Crippen molar-refractivity contribution in [2.24, 2.45) is 0 Å². The van der Waals surface area contributed by atoms with Gasteiger partial charge in [-0.15, -0.1) is 0 Å². The van der Waals surface area contributed by atoms with E-state index in [0.29, 0.717) is 32.5 Å². The molecule has 1 rings (SSSR count). The monoisotopic (exact) mass is 225 g/mol. The SMILES string of the molecule is CCNC1(C#N)CCN(C(=O)OCC)CC1. The lowest BCUT2D eigenvalue weighted by atomic mass is 9.89. The molecule has 0 aromatic rings. The first kappa shape index (κ1) is 12.8. The van der Waals surface area contributed by atoms with Crippen molar-refractivity contribution in [3.05, 3.63) is 0 Å². The minimum atomic E-state index is -0.461. The second-order valence-electron chi connectivity index (χ2n) is 3.91. The van der Waals surface area contributed by atoms with Crippen LogP contribution in [0.2, 0.25) is 0 Å². The van der Waals surface area contributed by atoms with Gasteiger partial charge < -0.3 is 9.64 Å². The normalized spacial score (nSPS) is 18.9. The quantitative estimate of drug-likeness (QED) is 0.781. The number of carbonyl (C=O) groups is 1. The Bertz CT molecular complexity index is 277. The molecule has 1 N–H and O–H groups in total. The molecule has 16 heavy (non-hydrogen) atoms. The predicted octanol–water partition coefficient (Wildman–Crippen LogP) is 1.11. The van der Waals surface area contributed by atoms with E-state index in [1.807, 2.05) is 6.92 Å². The van der Waals surface area contributed by atoms with Crippen LogP contribution in [0.25, 0.3) is 0 Å². The Morgan fingerprint density at radius 3 is 2.56 bits per heavy atom. The topological polar surface area (TPSA) is 65.4 Å². The number of piperidine rings is 1. The molecule has 1 saturated heterocycles. The standard InChI is InChI=1S/C11H19N3O2/c1-3-13-11(9-12)5-7-14(8-6-11)10(15)16-4-2/h13H,3-8H2,1-2H3. The Morgan fingerprint density at radius 1 is 1.50 bits per heavy atom. The molecule has 0 aromatic carbocycles. The highest BCUT2D eigenvalue weighted by atomic mass is 16.6. The molecule has 1 heterocycles. The van der Waals surface area contributed by atoms with Crippen LogP contribution < -0.4 is 5.32 Å². The maximum Gasteiger partial charge on any atom is 0.409 e. The van der Waals surface area contributed by atoms with Gasteiger partial charge in [-0.2, -0.15) is 5.26 Å². The van der Waals surface area contributed by atoms with Crippen LogP contribution in [0.4, 0.5) is 4.79 Å². The lowest BCUT2D eigenvalue weighted by Gasteiger charge is -2.37. The highest BCUT2D eigenvalue weighted by molar-refractivity contribution is 5.67. The average Bonchev–Trinajstić information content (AvgIpc) is 2.30. The summed E-state index contributed by atoms with van der Waals surface area (Å²) in [5.41, 5.74) is -0.461. The highest BCUT2D eigenvalue weighted by Crippen LogP contribution is 2.21. The van der Waals surface area contributed by atoms with E-state index in [2.05, 4.69) is 11.4 Å². The summed E-state index contributed by atoms with van der Waals surface area (Å²) in [6, 6.07) is 2.32. The van der Waals surface area contributed by atoms with Crippen LogP contribution in [0.5, 0.6) is 0 Å². The molecule has 0 saturated carbocycles. The fourth-order valence-electron chi connectivity index (χ4n) is 1.95. The van der Waals surface area contributed by atoms with E-state index in [9.17, 15) is 4.79 Å². The molecular weight excluding hydrogens is 206 g/mol. The number of rotatable bonds is 3. The van der Waals surface area contributed by atoms with E-state index in [1.54, 1.807) is 11.8 Å². The van der Waals surface area contributed by atoms with Gasteiger partial charge in [0, 0.05) is 13.1 Å². The van der Waals surface area contributed by atoms with E-state index in [4.69, 9.17) is 10.00 Å². The van der Waals surface area contributed by atoms with Crippen molar-refractivity contribution in [3.63, 3.8) is 0 Å². The van der Waals surface area contributed by atoms with Gasteiger partial charge in [0.25, 0.3) is 0 Å². The van der Waals surface area contributed by atoms with Crippen LogP contribution >= 0.6 is 0 Å². The number of likely N-dealkylation sites (tertiary alicyclic amines) is 1. The van der Waals surface area contributed by atoms with Crippen molar-refractivity contribution in [1.29, 1.82) is 5.26 Å². The summed E-state index contributed by atoms with van der Waals surface area (Å²) in [4.78, 5) is 13.1. The van der Waals surface area contributed by atoms with Crippen molar-refractivity contribution in [1.82, 2.24) is 10.2 Å². The molecular formula is C11H19N3O2. The van der Waals surface area contributed by atoms with Gasteiger partial charge in [0.05, 0.1) is 12.7 Å². The molecule has 1 fully saturated rings. The van der Waals surface area contributed by atoms with Gasteiger partial charge in [0.1, 0.15) is 5.54 Å². The van der Waals surface area contributed by atoms with E-state index in [1.165, 1.54) is 0 Å². The van der Waals surface area contributed by atoms with Gasteiger partial charge in [-0.1, -0.05) is 6.92 Å². The molecule has 5 nitrogen and oxygen atoms in total. The second kappa shape index (κ2) is 5.71. The maximum atomic E-state index is 11.5. The zero-order valence-corrected chi connectivity index (χ0v) is 9.95. The van der Waals surface area contributed by atoms with E-state index in [-0.39, 0.29) is 6.09 Å². The van der Waals surface area contributed by atoms with Gasteiger partial charge in [0.2, 0.25) is 0 Å². The fourth-order valence-corrected chi connectivity index (χ4v) is 1.95. The average molecular weight is 225 g/mol. The van der Waals surface area contributed by atoms with Gasteiger partial charge in [-0.05, 0) is 26.3 Å². The molecule has 0 atom stereocenters. The van der Waals surface area contributed by atoms with Crippen LogP contribution in [-0.2, 0) is 4.74 Å². The first-order valence-electron chi connectivity index (χ1n) is 5.75. The molecule has 0 aromatic heterocycles. The smallest absolute Gasteiger partial charge is 0.409 e. The van der Waals surface area contributed by atoms with Gasteiger partial charge in [-0.25, -0.2) is 4.79 Å². The number of amides is 1. The highest BCUT2D eigenvalue weighted by Gasteiger charge is 2.35. The molecule has 0 spiro atoms.